The Hall–Kier alpha value is -2.61. The van der Waals surface area contributed by atoms with Crippen LogP contribution in [0.1, 0.15) is 37.7 Å². The Morgan fingerprint density at radius 3 is 1.75 bits per heavy atom. The van der Waals surface area contributed by atoms with Gasteiger partial charge in [-0.2, -0.15) is 0 Å². The molecule has 0 spiro atoms. The summed E-state index contributed by atoms with van der Waals surface area (Å²) in [5.41, 5.74) is 0.625. The van der Waals surface area contributed by atoms with Crippen molar-refractivity contribution in [2.45, 2.75) is 26.6 Å². The molecule has 152 valence electrons. The van der Waals surface area contributed by atoms with Gasteiger partial charge >= 0.3 is 17.9 Å². The van der Waals surface area contributed by atoms with Crippen molar-refractivity contribution in [2.24, 2.45) is 0 Å². The van der Waals surface area contributed by atoms with E-state index in [-0.39, 0.29) is 13.0 Å². The molecule has 2 unspecified atom stereocenters. The summed E-state index contributed by atoms with van der Waals surface area (Å²) >= 11 is 11.3. The number of hydrogen-bond acceptors (Lipinski definition) is 5. The molecule has 28 heavy (non-hydrogen) atoms. The van der Waals surface area contributed by atoms with Crippen LogP contribution < -0.4 is 0 Å². The molecule has 3 N–H and O–H groups in total. The molecule has 0 fully saturated rings. The Balaban J connectivity index is 0.000000514. The van der Waals surface area contributed by atoms with Gasteiger partial charge < -0.3 is 20.1 Å². The van der Waals surface area contributed by atoms with E-state index in [0.717, 1.165) is 6.92 Å². The summed E-state index contributed by atoms with van der Waals surface area (Å²) in [7, 11) is 0. The van der Waals surface area contributed by atoms with E-state index >= 15 is 0 Å². The van der Waals surface area contributed by atoms with Crippen LogP contribution in [0.4, 0.5) is 0 Å². The Morgan fingerprint density at radius 2 is 1.36 bits per heavy atom. The molecular weight excluding hydrogens is 411 g/mol. The number of carboxylic acid groups (broad SMARTS) is 2. The number of halogens is 2. The van der Waals surface area contributed by atoms with Crippen molar-refractivity contribution in [3.05, 3.63) is 69.7 Å². The molecule has 0 saturated heterocycles. The number of carbonyl (C=O) groups is 3. The maximum Gasteiger partial charge on any atom is 0.349 e. The fourth-order valence-corrected chi connectivity index (χ4v) is 2.31. The van der Waals surface area contributed by atoms with Crippen LogP contribution in [0, 0.1) is 0 Å². The first-order chi connectivity index (χ1) is 12.6. The molecule has 0 bridgehead atoms. The third-order valence-corrected chi connectivity index (χ3v) is 3.53. The van der Waals surface area contributed by atoms with Crippen LogP contribution in [-0.2, 0) is 19.1 Å². The minimum absolute atomic E-state index is 0. The molecular formula is C19H20Cl2O7. The van der Waals surface area contributed by atoms with Crippen LogP contribution in [0.5, 0.6) is 0 Å². The first kappa shape index (κ1) is 25.4. The lowest BCUT2D eigenvalue weighted by Crippen LogP contribution is -2.17. The third kappa shape index (κ3) is 8.39. The van der Waals surface area contributed by atoms with E-state index in [9.17, 15) is 14.4 Å². The zero-order valence-electron chi connectivity index (χ0n) is 14.0. The number of aliphatic hydroxyl groups is 1. The summed E-state index contributed by atoms with van der Waals surface area (Å²) in [6, 6.07) is 12.3. The smallest absolute Gasteiger partial charge is 0.349 e. The number of carboxylic acids is 2. The molecule has 0 radical (unpaired) electrons. The van der Waals surface area contributed by atoms with Gasteiger partial charge in [0.25, 0.3) is 0 Å². The number of esters is 1. The van der Waals surface area contributed by atoms with Gasteiger partial charge in [0, 0.05) is 22.5 Å². The molecule has 0 aliphatic heterocycles. The fourth-order valence-electron chi connectivity index (χ4n) is 1.92. The average molecular weight is 431 g/mol. The van der Waals surface area contributed by atoms with Crippen molar-refractivity contribution in [3.8, 4) is 0 Å². The van der Waals surface area contributed by atoms with Gasteiger partial charge in [-0.1, -0.05) is 54.9 Å². The maximum atomic E-state index is 10.8. The van der Waals surface area contributed by atoms with Crippen molar-refractivity contribution >= 4 is 41.1 Å². The molecule has 0 aliphatic carbocycles. The van der Waals surface area contributed by atoms with Crippen LogP contribution >= 0.6 is 23.2 Å². The predicted molar refractivity (Wildman–Crippen MR) is 104 cm³/mol. The minimum atomic E-state index is -1.50. The first-order valence-corrected chi connectivity index (χ1v) is 8.19. The zero-order valence-corrected chi connectivity index (χ0v) is 15.5. The van der Waals surface area contributed by atoms with Crippen molar-refractivity contribution in [1.29, 1.82) is 0 Å². The summed E-state index contributed by atoms with van der Waals surface area (Å²) in [6.45, 7) is 1.15. The molecule has 2 aromatic rings. The predicted octanol–water partition coefficient (Wildman–Crippen LogP) is 4.12. The highest BCUT2D eigenvalue weighted by atomic mass is 35.5. The summed E-state index contributed by atoms with van der Waals surface area (Å²) in [5.74, 6) is -3.16. The van der Waals surface area contributed by atoms with Gasteiger partial charge in [-0.05, 0) is 29.8 Å². The van der Waals surface area contributed by atoms with Crippen LogP contribution in [0.15, 0.2) is 48.5 Å². The number of aliphatic carboxylic acids is 2. The van der Waals surface area contributed by atoms with Crippen molar-refractivity contribution in [1.82, 2.24) is 0 Å². The number of rotatable bonds is 5. The van der Waals surface area contributed by atoms with Crippen LogP contribution in [0.3, 0.4) is 0 Å². The standard InChI is InChI=1S/C10H9ClO4.C8H7ClO3.CH4/c1-6(12)15-9(10(13)14)7-3-2-4-8(11)5-7;9-6-3-1-2-5(4-6)7(10)8(11)12;/h2-5,9H,1H3,(H,13,14);1-4,7,10H,(H,11,12);1H4. The van der Waals surface area contributed by atoms with Gasteiger partial charge in [-0.25, -0.2) is 9.59 Å². The Bertz CT molecular complexity index is 823. The SMILES string of the molecule is C.CC(=O)OC(C(=O)O)c1cccc(Cl)c1.O=C(O)C(O)c1cccc(Cl)c1. The topological polar surface area (TPSA) is 121 Å². The van der Waals surface area contributed by atoms with E-state index in [1.54, 1.807) is 24.3 Å². The highest BCUT2D eigenvalue weighted by Crippen LogP contribution is 2.21. The molecule has 2 aromatic carbocycles. The second-order valence-corrected chi connectivity index (χ2v) is 6.05. The van der Waals surface area contributed by atoms with Crippen LogP contribution in [0.2, 0.25) is 10.0 Å². The van der Waals surface area contributed by atoms with E-state index in [2.05, 4.69) is 4.74 Å². The molecule has 2 rings (SSSR count). The van der Waals surface area contributed by atoms with Crippen molar-refractivity contribution in [2.75, 3.05) is 0 Å². The molecule has 0 heterocycles. The number of carbonyl (C=O) groups excluding carboxylic acids is 1. The zero-order chi connectivity index (χ0) is 20.6. The number of ether oxygens (including phenoxy) is 1. The summed E-state index contributed by atoms with van der Waals surface area (Å²) in [5, 5.41) is 27.1. The molecule has 0 amide bonds. The second kappa shape index (κ2) is 12.0. The normalized spacial score (nSPS) is 11.7. The van der Waals surface area contributed by atoms with E-state index in [0.29, 0.717) is 15.6 Å². The molecule has 0 saturated carbocycles. The highest BCUT2D eigenvalue weighted by molar-refractivity contribution is 6.30. The number of hydrogen-bond donors (Lipinski definition) is 3. The lowest BCUT2D eigenvalue weighted by Gasteiger charge is -2.12. The van der Waals surface area contributed by atoms with Gasteiger partial charge in [0.2, 0.25) is 6.10 Å². The van der Waals surface area contributed by atoms with Crippen LogP contribution in [0.25, 0.3) is 0 Å². The molecule has 0 aromatic heterocycles. The molecule has 0 aliphatic rings. The quantitative estimate of drug-likeness (QED) is 0.609. The van der Waals surface area contributed by atoms with Gasteiger partial charge in [0.15, 0.2) is 6.10 Å². The van der Waals surface area contributed by atoms with Gasteiger partial charge in [-0.15, -0.1) is 0 Å². The fraction of sp³-hybridized carbons (Fsp3) is 0.211. The summed E-state index contributed by atoms with van der Waals surface area (Å²) in [4.78, 5) is 31.8. The average Bonchev–Trinajstić information content (AvgIpc) is 2.59. The lowest BCUT2D eigenvalue weighted by atomic mass is 10.1. The maximum absolute atomic E-state index is 10.8. The monoisotopic (exact) mass is 430 g/mol. The van der Waals surface area contributed by atoms with Gasteiger partial charge in [-0.3, -0.25) is 4.79 Å². The van der Waals surface area contributed by atoms with E-state index < -0.39 is 30.1 Å². The Morgan fingerprint density at radius 1 is 0.893 bits per heavy atom. The lowest BCUT2D eigenvalue weighted by molar-refractivity contribution is -0.163. The minimum Gasteiger partial charge on any atom is -0.479 e. The van der Waals surface area contributed by atoms with E-state index in [1.807, 2.05) is 0 Å². The van der Waals surface area contributed by atoms with Crippen molar-refractivity contribution < 1.29 is 34.4 Å². The highest BCUT2D eigenvalue weighted by Gasteiger charge is 2.22. The largest absolute Gasteiger partial charge is 0.479 e. The summed E-state index contributed by atoms with van der Waals surface area (Å²) < 4.78 is 4.66. The second-order valence-electron chi connectivity index (χ2n) is 5.18. The Kier molecular flexibility index (Phi) is 10.9. The number of aliphatic hydroxyl groups excluding tert-OH is 1. The van der Waals surface area contributed by atoms with E-state index in [1.165, 1.54) is 24.3 Å². The number of benzene rings is 2. The molecule has 9 heteroatoms. The van der Waals surface area contributed by atoms with E-state index in [4.69, 9.17) is 38.5 Å². The Labute approximate surface area is 172 Å². The third-order valence-electron chi connectivity index (χ3n) is 3.06. The summed E-state index contributed by atoms with van der Waals surface area (Å²) in [6.07, 6.45) is -2.80. The van der Waals surface area contributed by atoms with Crippen LogP contribution in [-0.4, -0.2) is 33.2 Å². The molecule has 7 nitrogen and oxygen atoms in total. The van der Waals surface area contributed by atoms with Crippen molar-refractivity contribution in [3.63, 3.8) is 0 Å². The van der Waals surface area contributed by atoms with Gasteiger partial charge in [0.05, 0.1) is 0 Å². The molecule has 2 atom stereocenters. The van der Waals surface area contributed by atoms with Gasteiger partial charge in [0.1, 0.15) is 0 Å². The first-order valence-electron chi connectivity index (χ1n) is 7.43.